The Hall–Kier alpha value is -2.10. The molecule has 0 spiro atoms. The zero-order valence-corrected chi connectivity index (χ0v) is 12.1. The van der Waals surface area contributed by atoms with E-state index >= 15 is 0 Å². The number of nitrogens with zero attached hydrogens (tertiary/aromatic N) is 2. The standard InChI is InChI=1S/C16H20N2O2/c1-11(2)14-6-4-13(5-7-14)9-18-10-15(8-16(19)20)17-12(18)3/h4-7,10-11H,8-9H2,1-3H3,(H,19,20). The van der Waals surface area contributed by atoms with Crippen LogP contribution in [0.5, 0.6) is 0 Å². The molecule has 106 valence electrons. The number of hydrogen-bond acceptors (Lipinski definition) is 2. The lowest BCUT2D eigenvalue weighted by atomic mass is 10.0. The van der Waals surface area contributed by atoms with E-state index in [1.807, 2.05) is 17.7 Å². The summed E-state index contributed by atoms with van der Waals surface area (Å²) in [5, 5.41) is 8.79. The van der Waals surface area contributed by atoms with Crippen molar-refractivity contribution in [3.8, 4) is 0 Å². The van der Waals surface area contributed by atoms with Gasteiger partial charge in [-0.25, -0.2) is 4.98 Å². The lowest BCUT2D eigenvalue weighted by molar-refractivity contribution is -0.136. The molecule has 0 unspecified atom stereocenters. The predicted molar refractivity (Wildman–Crippen MR) is 77.9 cm³/mol. The second-order valence-corrected chi connectivity index (χ2v) is 5.37. The van der Waals surface area contributed by atoms with E-state index in [0.29, 0.717) is 11.6 Å². The van der Waals surface area contributed by atoms with Gasteiger partial charge in [-0.2, -0.15) is 0 Å². The summed E-state index contributed by atoms with van der Waals surface area (Å²) < 4.78 is 1.99. The topological polar surface area (TPSA) is 55.1 Å². The second kappa shape index (κ2) is 5.90. The summed E-state index contributed by atoms with van der Waals surface area (Å²) in [6.07, 6.45) is 1.79. The number of aliphatic carboxylic acids is 1. The van der Waals surface area contributed by atoms with Crippen molar-refractivity contribution >= 4 is 5.97 Å². The molecule has 0 radical (unpaired) electrons. The van der Waals surface area contributed by atoms with E-state index in [1.165, 1.54) is 11.1 Å². The molecule has 0 saturated heterocycles. The molecule has 4 nitrogen and oxygen atoms in total. The van der Waals surface area contributed by atoms with Crippen LogP contribution >= 0.6 is 0 Å². The van der Waals surface area contributed by atoms with Gasteiger partial charge in [0.15, 0.2) is 0 Å². The molecule has 0 aliphatic rings. The number of benzene rings is 1. The van der Waals surface area contributed by atoms with Crippen molar-refractivity contribution in [1.82, 2.24) is 9.55 Å². The SMILES string of the molecule is Cc1nc(CC(=O)O)cn1Cc1ccc(C(C)C)cc1. The molecule has 2 rings (SSSR count). The van der Waals surface area contributed by atoms with E-state index in [1.54, 1.807) is 0 Å². The second-order valence-electron chi connectivity index (χ2n) is 5.37. The third-order valence-corrected chi connectivity index (χ3v) is 3.36. The molecule has 0 amide bonds. The molecule has 4 heteroatoms. The summed E-state index contributed by atoms with van der Waals surface area (Å²) in [5.74, 6) is 0.520. The van der Waals surface area contributed by atoms with Crippen molar-refractivity contribution in [3.05, 3.63) is 53.1 Å². The Balaban J connectivity index is 2.13. The summed E-state index contributed by atoms with van der Waals surface area (Å²) in [6, 6.07) is 8.52. The molecule has 2 aromatic rings. The van der Waals surface area contributed by atoms with Gasteiger partial charge in [0.2, 0.25) is 0 Å². The van der Waals surface area contributed by atoms with Crippen LogP contribution in [0.2, 0.25) is 0 Å². The van der Waals surface area contributed by atoms with Gasteiger partial charge in [0.1, 0.15) is 5.82 Å². The van der Waals surface area contributed by atoms with E-state index in [-0.39, 0.29) is 6.42 Å². The summed E-state index contributed by atoms with van der Waals surface area (Å²) in [7, 11) is 0. The first-order chi connectivity index (χ1) is 9.45. The average Bonchev–Trinajstić information content (AvgIpc) is 2.69. The van der Waals surface area contributed by atoms with Gasteiger partial charge in [0.25, 0.3) is 0 Å². The number of rotatable bonds is 5. The number of carbonyl (C=O) groups is 1. The zero-order chi connectivity index (χ0) is 14.7. The number of aryl methyl sites for hydroxylation is 1. The number of hydrogen-bond donors (Lipinski definition) is 1. The molecule has 1 aromatic heterocycles. The first kappa shape index (κ1) is 14.3. The van der Waals surface area contributed by atoms with Gasteiger partial charge in [0, 0.05) is 12.7 Å². The maximum atomic E-state index is 10.7. The van der Waals surface area contributed by atoms with Crippen molar-refractivity contribution in [2.24, 2.45) is 0 Å². The van der Waals surface area contributed by atoms with E-state index in [0.717, 1.165) is 12.4 Å². The highest BCUT2D eigenvalue weighted by Crippen LogP contribution is 2.16. The molecular weight excluding hydrogens is 252 g/mol. The molecule has 1 aromatic carbocycles. The van der Waals surface area contributed by atoms with Crippen molar-refractivity contribution in [3.63, 3.8) is 0 Å². The summed E-state index contributed by atoms with van der Waals surface area (Å²) in [6.45, 7) is 6.96. The van der Waals surface area contributed by atoms with Crippen LogP contribution in [0.15, 0.2) is 30.5 Å². The number of imidazole rings is 1. The minimum Gasteiger partial charge on any atom is -0.481 e. The van der Waals surface area contributed by atoms with Crippen LogP contribution in [0.4, 0.5) is 0 Å². The van der Waals surface area contributed by atoms with Gasteiger partial charge in [0.05, 0.1) is 12.1 Å². The molecule has 0 fully saturated rings. The highest BCUT2D eigenvalue weighted by atomic mass is 16.4. The highest BCUT2D eigenvalue weighted by molar-refractivity contribution is 5.69. The van der Waals surface area contributed by atoms with Crippen LogP contribution in [0, 0.1) is 6.92 Å². The molecule has 1 heterocycles. The van der Waals surface area contributed by atoms with Crippen molar-refractivity contribution < 1.29 is 9.90 Å². The van der Waals surface area contributed by atoms with Gasteiger partial charge in [-0.1, -0.05) is 38.1 Å². The molecule has 0 atom stereocenters. The fraction of sp³-hybridized carbons (Fsp3) is 0.375. The van der Waals surface area contributed by atoms with Gasteiger partial charge in [-0.05, 0) is 24.0 Å². The minimum absolute atomic E-state index is 0.0277. The monoisotopic (exact) mass is 272 g/mol. The van der Waals surface area contributed by atoms with Gasteiger partial charge < -0.3 is 9.67 Å². The van der Waals surface area contributed by atoms with Crippen LogP contribution in [-0.4, -0.2) is 20.6 Å². The fourth-order valence-corrected chi connectivity index (χ4v) is 2.18. The summed E-state index contributed by atoms with van der Waals surface area (Å²) in [5.41, 5.74) is 3.12. The number of aromatic nitrogens is 2. The van der Waals surface area contributed by atoms with Crippen molar-refractivity contribution in [2.75, 3.05) is 0 Å². The Bertz CT molecular complexity index is 597. The first-order valence-electron chi connectivity index (χ1n) is 6.79. The van der Waals surface area contributed by atoms with E-state index in [9.17, 15) is 4.79 Å². The number of carboxylic acids is 1. The normalized spacial score (nSPS) is 11.0. The third kappa shape index (κ3) is 3.47. The zero-order valence-electron chi connectivity index (χ0n) is 12.1. The van der Waals surface area contributed by atoms with Gasteiger partial charge in [-0.15, -0.1) is 0 Å². The van der Waals surface area contributed by atoms with E-state index in [4.69, 9.17) is 5.11 Å². The lowest BCUT2D eigenvalue weighted by Gasteiger charge is -2.08. The Morgan fingerprint density at radius 1 is 1.30 bits per heavy atom. The van der Waals surface area contributed by atoms with Crippen molar-refractivity contribution in [1.29, 1.82) is 0 Å². The maximum Gasteiger partial charge on any atom is 0.309 e. The lowest BCUT2D eigenvalue weighted by Crippen LogP contribution is -2.01. The highest BCUT2D eigenvalue weighted by Gasteiger charge is 2.08. The van der Waals surface area contributed by atoms with E-state index in [2.05, 4.69) is 43.1 Å². The van der Waals surface area contributed by atoms with Gasteiger partial charge >= 0.3 is 5.97 Å². The molecule has 1 N–H and O–H groups in total. The Morgan fingerprint density at radius 2 is 1.95 bits per heavy atom. The number of carboxylic acid groups (broad SMARTS) is 1. The summed E-state index contributed by atoms with van der Waals surface area (Å²) in [4.78, 5) is 15.0. The molecule has 0 aliphatic carbocycles. The fourth-order valence-electron chi connectivity index (χ4n) is 2.18. The Kier molecular flexibility index (Phi) is 4.23. The molecule has 0 saturated carbocycles. The first-order valence-corrected chi connectivity index (χ1v) is 6.79. The Labute approximate surface area is 119 Å². The Morgan fingerprint density at radius 3 is 2.50 bits per heavy atom. The predicted octanol–water partition coefficient (Wildman–Crippen LogP) is 2.99. The molecule has 0 aliphatic heterocycles. The van der Waals surface area contributed by atoms with Gasteiger partial charge in [-0.3, -0.25) is 4.79 Å². The average molecular weight is 272 g/mol. The molecule has 20 heavy (non-hydrogen) atoms. The van der Waals surface area contributed by atoms with Crippen LogP contribution in [0.3, 0.4) is 0 Å². The summed E-state index contributed by atoms with van der Waals surface area (Å²) >= 11 is 0. The quantitative estimate of drug-likeness (QED) is 0.910. The van der Waals surface area contributed by atoms with Crippen LogP contribution in [0.25, 0.3) is 0 Å². The third-order valence-electron chi connectivity index (χ3n) is 3.36. The minimum atomic E-state index is -0.851. The van der Waals surface area contributed by atoms with Crippen LogP contribution in [-0.2, 0) is 17.8 Å². The largest absolute Gasteiger partial charge is 0.481 e. The smallest absolute Gasteiger partial charge is 0.309 e. The van der Waals surface area contributed by atoms with Crippen molar-refractivity contribution in [2.45, 2.75) is 39.7 Å². The molecular formula is C16H20N2O2. The van der Waals surface area contributed by atoms with Crippen LogP contribution in [0.1, 0.15) is 42.4 Å². The van der Waals surface area contributed by atoms with Crippen LogP contribution < -0.4 is 0 Å². The maximum absolute atomic E-state index is 10.7. The van der Waals surface area contributed by atoms with E-state index < -0.39 is 5.97 Å². The molecule has 0 bridgehead atoms.